The quantitative estimate of drug-likeness (QED) is 0.570. The molecule has 1 fully saturated rings. The second-order valence-electron chi connectivity index (χ2n) is 6.85. The van der Waals surface area contributed by atoms with Crippen LogP contribution in [0.15, 0.2) is 34.1 Å². The number of Topliss-reactive ketones (excluding diaryl/α,β-unsaturated/α-hetero) is 1. The number of ether oxygens (including phenoxy) is 3. The maximum Gasteiger partial charge on any atom is 0.264 e. The molecule has 29 heavy (non-hydrogen) atoms. The summed E-state index contributed by atoms with van der Waals surface area (Å²) in [5, 5.41) is 0. The first-order valence-electron chi connectivity index (χ1n) is 9.41. The molecule has 1 aliphatic rings. The minimum atomic E-state index is -0.210. The molecule has 0 saturated carbocycles. The van der Waals surface area contributed by atoms with Gasteiger partial charge in [-0.2, -0.15) is 0 Å². The highest BCUT2D eigenvalue weighted by molar-refractivity contribution is 9.11. The summed E-state index contributed by atoms with van der Waals surface area (Å²) < 4.78 is 18.1. The first-order chi connectivity index (χ1) is 14.0. The van der Waals surface area contributed by atoms with Crippen LogP contribution in [0.1, 0.15) is 28.6 Å². The fourth-order valence-corrected chi connectivity index (χ4v) is 4.43. The van der Waals surface area contributed by atoms with E-state index in [4.69, 9.17) is 14.2 Å². The number of halogens is 1. The molecule has 2 heterocycles. The summed E-state index contributed by atoms with van der Waals surface area (Å²) in [6, 6.07) is 9.39. The van der Waals surface area contributed by atoms with Gasteiger partial charge in [-0.15, -0.1) is 11.3 Å². The average Bonchev–Trinajstić information content (AvgIpc) is 3.16. The van der Waals surface area contributed by atoms with Gasteiger partial charge in [0.1, 0.15) is 18.5 Å². The smallest absolute Gasteiger partial charge is 0.264 e. The maximum atomic E-state index is 12.7. The molecule has 1 aromatic carbocycles. The molecular formula is C21H24BrNO5S. The number of rotatable bonds is 8. The molecule has 2 aromatic rings. The second-order valence-corrected chi connectivity index (χ2v) is 9.31. The molecule has 0 N–H and O–H groups in total. The maximum absolute atomic E-state index is 12.7. The third-order valence-corrected chi connectivity index (χ3v) is 6.24. The lowest BCUT2D eigenvalue weighted by molar-refractivity contribution is -0.116. The van der Waals surface area contributed by atoms with Gasteiger partial charge in [0, 0.05) is 13.0 Å². The third kappa shape index (κ3) is 6.04. The number of nitrogens with zero attached hydrogens (tertiary/aromatic N) is 1. The van der Waals surface area contributed by atoms with E-state index in [9.17, 15) is 9.59 Å². The van der Waals surface area contributed by atoms with E-state index in [2.05, 4.69) is 15.9 Å². The van der Waals surface area contributed by atoms with E-state index in [1.165, 1.54) is 11.3 Å². The van der Waals surface area contributed by atoms with E-state index in [1.807, 2.05) is 30.3 Å². The van der Waals surface area contributed by atoms with Crippen LogP contribution in [-0.4, -0.2) is 56.1 Å². The highest BCUT2D eigenvalue weighted by Gasteiger charge is 2.26. The Balaban J connectivity index is 1.57. The molecule has 1 saturated heterocycles. The Morgan fingerprint density at radius 3 is 2.79 bits per heavy atom. The normalized spacial score (nSPS) is 16.5. The zero-order chi connectivity index (χ0) is 20.8. The van der Waals surface area contributed by atoms with Crippen molar-refractivity contribution in [3.05, 3.63) is 44.6 Å². The lowest BCUT2D eigenvalue weighted by atomic mass is 10.1. The van der Waals surface area contributed by atoms with Crippen molar-refractivity contribution in [1.29, 1.82) is 0 Å². The van der Waals surface area contributed by atoms with Gasteiger partial charge in [-0.3, -0.25) is 4.79 Å². The van der Waals surface area contributed by atoms with Crippen molar-refractivity contribution in [2.24, 2.45) is 0 Å². The van der Waals surface area contributed by atoms with E-state index >= 15 is 0 Å². The molecule has 0 bridgehead atoms. The monoisotopic (exact) mass is 481 g/mol. The van der Waals surface area contributed by atoms with Crippen molar-refractivity contribution in [3.8, 4) is 11.5 Å². The van der Waals surface area contributed by atoms with E-state index in [0.717, 1.165) is 9.35 Å². The van der Waals surface area contributed by atoms with Gasteiger partial charge < -0.3 is 23.9 Å². The Kier molecular flexibility index (Phi) is 7.69. The topological polar surface area (TPSA) is 65.1 Å². The van der Waals surface area contributed by atoms with Crippen LogP contribution >= 0.6 is 27.3 Å². The molecule has 6 nitrogen and oxygen atoms in total. The molecular weight excluding hydrogens is 458 g/mol. The summed E-state index contributed by atoms with van der Waals surface area (Å²) in [7, 11) is 1.59. The van der Waals surface area contributed by atoms with E-state index in [1.54, 1.807) is 18.9 Å². The number of carbonyl (C=O) groups excluding carboxylic acids is 2. The summed E-state index contributed by atoms with van der Waals surface area (Å²) in [6.45, 7) is 3.44. The number of methoxy groups -OCH3 is 1. The molecule has 1 aromatic heterocycles. The molecule has 0 spiro atoms. The molecule has 0 aliphatic carbocycles. The SMILES string of the molecule is COc1cc(CCC(C)=O)ccc1OCC1CN(C(=O)c2ccc(Br)s2)CCO1. The third-order valence-electron chi connectivity index (χ3n) is 4.63. The number of ketones is 1. The number of benzene rings is 1. The van der Waals surface area contributed by atoms with Gasteiger partial charge >= 0.3 is 0 Å². The van der Waals surface area contributed by atoms with Crippen LogP contribution in [0.2, 0.25) is 0 Å². The number of carbonyl (C=O) groups is 2. The Bertz CT molecular complexity index is 869. The number of aryl methyl sites for hydroxylation is 1. The Labute approximate surface area is 182 Å². The van der Waals surface area contributed by atoms with Crippen LogP contribution in [0.4, 0.5) is 0 Å². The summed E-state index contributed by atoms with van der Waals surface area (Å²) in [6.07, 6.45) is 0.968. The van der Waals surface area contributed by atoms with Gasteiger partial charge in [0.05, 0.1) is 28.9 Å². The molecule has 1 amide bonds. The van der Waals surface area contributed by atoms with Crippen LogP contribution in [0, 0.1) is 0 Å². The molecule has 156 valence electrons. The number of amides is 1. The minimum Gasteiger partial charge on any atom is -0.493 e. The molecule has 1 unspecified atom stereocenters. The van der Waals surface area contributed by atoms with E-state index < -0.39 is 0 Å². The van der Waals surface area contributed by atoms with Crippen LogP contribution in [0.5, 0.6) is 11.5 Å². The van der Waals surface area contributed by atoms with Gasteiger partial charge in [-0.25, -0.2) is 0 Å². The van der Waals surface area contributed by atoms with Crippen molar-refractivity contribution in [1.82, 2.24) is 4.90 Å². The Hall–Kier alpha value is -1.90. The first kappa shape index (κ1) is 21.8. The zero-order valence-corrected chi connectivity index (χ0v) is 18.9. The standard InChI is InChI=1S/C21H24BrNO5S/c1-14(24)3-4-15-5-6-17(18(11-15)26-2)28-13-16-12-23(9-10-27-16)21(25)19-7-8-20(22)29-19/h5-8,11,16H,3-4,9-10,12-13H2,1-2H3. The minimum absolute atomic E-state index is 0.0152. The van der Waals surface area contributed by atoms with Gasteiger partial charge in [-0.1, -0.05) is 6.07 Å². The van der Waals surface area contributed by atoms with E-state index in [-0.39, 0.29) is 17.8 Å². The van der Waals surface area contributed by atoms with Crippen molar-refractivity contribution < 1.29 is 23.8 Å². The predicted molar refractivity (Wildman–Crippen MR) is 115 cm³/mol. The van der Waals surface area contributed by atoms with Crippen LogP contribution in [0.25, 0.3) is 0 Å². The van der Waals surface area contributed by atoms with Gasteiger partial charge in [0.25, 0.3) is 5.91 Å². The van der Waals surface area contributed by atoms with Gasteiger partial charge in [-0.05, 0) is 59.1 Å². The summed E-state index contributed by atoms with van der Waals surface area (Å²) in [5.74, 6) is 1.42. The number of morpholine rings is 1. The van der Waals surface area contributed by atoms with Crippen LogP contribution in [0.3, 0.4) is 0 Å². The fourth-order valence-electron chi connectivity index (χ4n) is 3.08. The summed E-state index contributed by atoms with van der Waals surface area (Å²) in [4.78, 5) is 26.4. The summed E-state index contributed by atoms with van der Waals surface area (Å²) in [5.41, 5.74) is 1.03. The largest absolute Gasteiger partial charge is 0.493 e. The average molecular weight is 482 g/mol. The fraction of sp³-hybridized carbons (Fsp3) is 0.429. The van der Waals surface area contributed by atoms with Gasteiger partial charge in [0.2, 0.25) is 0 Å². The molecule has 0 radical (unpaired) electrons. The lowest BCUT2D eigenvalue weighted by Crippen LogP contribution is -2.47. The zero-order valence-electron chi connectivity index (χ0n) is 16.5. The van der Waals surface area contributed by atoms with E-state index in [0.29, 0.717) is 55.5 Å². The Morgan fingerprint density at radius 2 is 2.10 bits per heavy atom. The molecule has 8 heteroatoms. The molecule has 3 rings (SSSR count). The van der Waals surface area contributed by atoms with Gasteiger partial charge in [0.15, 0.2) is 11.5 Å². The Morgan fingerprint density at radius 1 is 1.28 bits per heavy atom. The van der Waals surface area contributed by atoms with Crippen molar-refractivity contribution >= 4 is 39.0 Å². The number of hydrogen-bond acceptors (Lipinski definition) is 6. The number of thiophene rings is 1. The van der Waals surface area contributed by atoms with Crippen molar-refractivity contribution in [2.45, 2.75) is 25.9 Å². The van der Waals surface area contributed by atoms with Crippen molar-refractivity contribution in [3.63, 3.8) is 0 Å². The highest BCUT2D eigenvalue weighted by Crippen LogP contribution is 2.29. The van der Waals surface area contributed by atoms with Crippen molar-refractivity contribution in [2.75, 3.05) is 33.4 Å². The number of hydrogen-bond donors (Lipinski definition) is 0. The molecule has 1 atom stereocenters. The highest BCUT2D eigenvalue weighted by atomic mass is 79.9. The summed E-state index contributed by atoms with van der Waals surface area (Å²) >= 11 is 4.83. The first-order valence-corrected chi connectivity index (χ1v) is 11.0. The second kappa shape index (κ2) is 10.2. The predicted octanol–water partition coefficient (Wildman–Crippen LogP) is 3.96. The lowest BCUT2D eigenvalue weighted by Gasteiger charge is -2.32. The molecule has 1 aliphatic heterocycles. The van der Waals surface area contributed by atoms with Crippen LogP contribution < -0.4 is 9.47 Å². The van der Waals surface area contributed by atoms with Crippen LogP contribution in [-0.2, 0) is 16.0 Å².